The van der Waals surface area contributed by atoms with Crippen molar-refractivity contribution in [1.82, 2.24) is 4.98 Å². The van der Waals surface area contributed by atoms with Gasteiger partial charge in [0, 0.05) is 18.0 Å². The van der Waals surface area contributed by atoms with Gasteiger partial charge in [-0.25, -0.2) is 4.98 Å². The smallest absolute Gasteiger partial charge is 0.183 e. The number of hydrogen-bond donors (Lipinski definition) is 2. The van der Waals surface area contributed by atoms with Crippen LogP contribution in [0.4, 0.5) is 10.8 Å². The zero-order valence-corrected chi connectivity index (χ0v) is 15.7. The van der Waals surface area contributed by atoms with Crippen LogP contribution < -0.4 is 10.6 Å². The molecule has 0 fully saturated rings. The fourth-order valence-corrected chi connectivity index (χ4v) is 4.45. The van der Waals surface area contributed by atoms with Crippen LogP contribution in [-0.2, 0) is 6.42 Å². The number of rotatable bonds is 5. The van der Waals surface area contributed by atoms with Crippen molar-refractivity contribution in [2.75, 3.05) is 29.5 Å². The first kappa shape index (κ1) is 16.4. The van der Waals surface area contributed by atoms with Crippen LogP contribution in [0.1, 0.15) is 11.1 Å². The normalized spacial score (nSPS) is 13.9. The predicted molar refractivity (Wildman–Crippen MR) is 111 cm³/mol. The molecule has 0 radical (unpaired) electrons. The average molecular weight is 369 g/mol. The molecule has 0 atom stereocenters. The van der Waals surface area contributed by atoms with Gasteiger partial charge in [-0.15, -0.1) is 0 Å². The topological polar surface area (TPSA) is 49.3 Å². The molecular formula is C19H20N4S2. The Morgan fingerprint density at radius 2 is 2.00 bits per heavy atom. The Balaban J connectivity index is 1.31. The summed E-state index contributed by atoms with van der Waals surface area (Å²) in [4.78, 5) is 9.05. The number of nitrogens with one attached hydrogen (secondary N) is 2. The first-order chi connectivity index (χ1) is 12.3. The van der Waals surface area contributed by atoms with Gasteiger partial charge in [-0.2, -0.15) is 0 Å². The van der Waals surface area contributed by atoms with E-state index in [2.05, 4.69) is 70.0 Å². The molecule has 1 aliphatic rings. The molecule has 4 nitrogen and oxygen atoms in total. The predicted octanol–water partition coefficient (Wildman–Crippen LogP) is 4.77. The highest BCUT2D eigenvalue weighted by Gasteiger charge is 2.07. The van der Waals surface area contributed by atoms with Crippen molar-refractivity contribution in [3.05, 3.63) is 53.6 Å². The van der Waals surface area contributed by atoms with Crippen molar-refractivity contribution in [2.45, 2.75) is 13.3 Å². The molecule has 6 heteroatoms. The Morgan fingerprint density at radius 1 is 1.12 bits per heavy atom. The highest BCUT2D eigenvalue weighted by atomic mass is 32.2. The lowest BCUT2D eigenvalue weighted by molar-refractivity contribution is 1.02. The highest BCUT2D eigenvalue weighted by molar-refractivity contribution is 8.14. The van der Waals surface area contributed by atoms with Crippen molar-refractivity contribution < 1.29 is 0 Å². The molecule has 0 saturated heterocycles. The van der Waals surface area contributed by atoms with Crippen molar-refractivity contribution >= 4 is 49.3 Å². The number of benzene rings is 2. The lowest BCUT2D eigenvalue weighted by Gasteiger charge is -2.07. The van der Waals surface area contributed by atoms with E-state index in [4.69, 9.17) is 0 Å². The third-order valence-electron chi connectivity index (χ3n) is 4.02. The number of thioether (sulfide) groups is 1. The van der Waals surface area contributed by atoms with Gasteiger partial charge >= 0.3 is 0 Å². The number of aliphatic imine (C=N–C) groups is 1. The minimum absolute atomic E-state index is 0.883. The van der Waals surface area contributed by atoms with Crippen LogP contribution in [0.3, 0.4) is 0 Å². The van der Waals surface area contributed by atoms with Crippen molar-refractivity contribution in [3.8, 4) is 0 Å². The van der Waals surface area contributed by atoms with E-state index in [0.717, 1.165) is 46.8 Å². The van der Waals surface area contributed by atoms with Gasteiger partial charge in [0.05, 0.1) is 16.8 Å². The molecule has 2 aromatic carbocycles. The Kier molecular flexibility index (Phi) is 4.90. The third-order valence-corrected chi connectivity index (χ3v) is 5.89. The van der Waals surface area contributed by atoms with E-state index in [1.54, 1.807) is 23.1 Å². The van der Waals surface area contributed by atoms with Gasteiger partial charge in [-0.3, -0.25) is 4.99 Å². The van der Waals surface area contributed by atoms with E-state index in [0.29, 0.717) is 0 Å². The molecule has 0 spiro atoms. The van der Waals surface area contributed by atoms with E-state index in [1.807, 2.05) is 0 Å². The summed E-state index contributed by atoms with van der Waals surface area (Å²) in [6.07, 6.45) is 0.977. The number of aromatic nitrogens is 1. The first-order valence-corrected chi connectivity index (χ1v) is 10.2. The molecule has 1 aromatic heterocycles. The lowest BCUT2D eigenvalue weighted by Crippen LogP contribution is -2.06. The minimum Gasteiger partial charge on any atom is -0.361 e. The van der Waals surface area contributed by atoms with Gasteiger partial charge in [-0.1, -0.05) is 41.3 Å². The largest absolute Gasteiger partial charge is 0.361 e. The Labute approximate surface area is 155 Å². The Bertz CT molecular complexity index is 899. The van der Waals surface area contributed by atoms with Crippen LogP contribution in [0.25, 0.3) is 10.2 Å². The number of fused-ring (bicyclic) bond motifs is 1. The standard InChI is InChI=1S/C19H20N4S2/c1-13-2-7-16-17(12-13)25-19(23-16)20-9-8-14-3-5-15(6-4-14)22-18-21-10-11-24-18/h2-7,12H,8-11H2,1H3,(H,20,23)(H,21,22). The molecule has 4 rings (SSSR count). The summed E-state index contributed by atoms with van der Waals surface area (Å²) in [6, 6.07) is 15.0. The zero-order valence-electron chi connectivity index (χ0n) is 14.1. The molecule has 25 heavy (non-hydrogen) atoms. The van der Waals surface area contributed by atoms with Gasteiger partial charge in [0.15, 0.2) is 10.3 Å². The van der Waals surface area contributed by atoms with E-state index >= 15 is 0 Å². The molecule has 128 valence electrons. The van der Waals surface area contributed by atoms with Crippen molar-refractivity contribution in [3.63, 3.8) is 0 Å². The number of amidine groups is 1. The molecule has 0 amide bonds. The summed E-state index contributed by atoms with van der Waals surface area (Å²) in [5.74, 6) is 1.08. The number of anilines is 2. The van der Waals surface area contributed by atoms with E-state index in [-0.39, 0.29) is 0 Å². The van der Waals surface area contributed by atoms with Gasteiger partial charge in [0.2, 0.25) is 0 Å². The van der Waals surface area contributed by atoms with Gasteiger partial charge in [0.25, 0.3) is 0 Å². The quantitative estimate of drug-likeness (QED) is 0.681. The van der Waals surface area contributed by atoms with Crippen LogP contribution in [0.5, 0.6) is 0 Å². The molecule has 2 heterocycles. The molecule has 0 unspecified atom stereocenters. The maximum absolute atomic E-state index is 4.64. The lowest BCUT2D eigenvalue weighted by atomic mass is 10.1. The Morgan fingerprint density at radius 3 is 2.80 bits per heavy atom. The second-order valence-corrected chi connectivity index (χ2v) is 8.14. The maximum atomic E-state index is 4.64. The van der Waals surface area contributed by atoms with Crippen LogP contribution in [-0.4, -0.2) is 29.0 Å². The summed E-state index contributed by atoms with van der Waals surface area (Å²) in [5.41, 5.74) is 4.77. The summed E-state index contributed by atoms with van der Waals surface area (Å²) in [5, 5.41) is 8.83. The fourth-order valence-electron chi connectivity index (χ4n) is 2.71. The molecule has 0 aliphatic carbocycles. The molecular weight excluding hydrogens is 348 g/mol. The average Bonchev–Trinajstić information content (AvgIpc) is 3.25. The fraction of sp³-hybridized carbons (Fsp3) is 0.263. The summed E-state index contributed by atoms with van der Waals surface area (Å²) >= 11 is 3.50. The molecule has 2 N–H and O–H groups in total. The summed E-state index contributed by atoms with van der Waals surface area (Å²) in [6.45, 7) is 3.92. The van der Waals surface area contributed by atoms with E-state index < -0.39 is 0 Å². The monoisotopic (exact) mass is 368 g/mol. The van der Waals surface area contributed by atoms with Crippen LogP contribution in [0.15, 0.2) is 47.5 Å². The molecule has 0 bridgehead atoms. The highest BCUT2D eigenvalue weighted by Crippen LogP contribution is 2.26. The first-order valence-electron chi connectivity index (χ1n) is 8.40. The van der Waals surface area contributed by atoms with Gasteiger partial charge < -0.3 is 10.6 Å². The number of thiazole rings is 1. The SMILES string of the molecule is Cc1ccc2nc(NCCc3ccc(NC4=NCCS4)cc3)sc2c1. The molecule has 0 saturated carbocycles. The van der Waals surface area contributed by atoms with Crippen LogP contribution >= 0.6 is 23.1 Å². The number of aryl methyl sites for hydroxylation is 1. The number of nitrogens with zero attached hydrogens (tertiary/aromatic N) is 2. The Hall–Kier alpha value is -2.05. The van der Waals surface area contributed by atoms with Gasteiger partial charge in [-0.05, 0) is 48.7 Å². The minimum atomic E-state index is 0.883. The van der Waals surface area contributed by atoms with Crippen molar-refractivity contribution in [2.24, 2.45) is 4.99 Å². The second-order valence-electron chi connectivity index (χ2n) is 6.02. The maximum Gasteiger partial charge on any atom is 0.183 e. The van der Waals surface area contributed by atoms with Gasteiger partial charge in [0.1, 0.15) is 0 Å². The number of hydrogen-bond acceptors (Lipinski definition) is 6. The summed E-state index contributed by atoms with van der Waals surface area (Å²) in [7, 11) is 0. The third kappa shape index (κ3) is 4.14. The molecule has 1 aliphatic heterocycles. The second kappa shape index (κ2) is 7.45. The van der Waals surface area contributed by atoms with Crippen LogP contribution in [0, 0.1) is 6.92 Å². The zero-order chi connectivity index (χ0) is 17.1. The van der Waals surface area contributed by atoms with Crippen LogP contribution in [0.2, 0.25) is 0 Å². The van der Waals surface area contributed by atoms with Crippen molar-refractivity contribution in [1.29, 1.82) is 0 Å². The van der Waals surface area contributed by atoms with E-state index in [1.165, 1.54) is 15.8 Å². The van der Waals surface area contributed by atoms with E-state index in [9.17, 15) is 0 Å². The summed E-state index contributed by atoms with van der Waals surface area (Å²) < 4.78 is 1.24. The molecule has 3 aromatic rings.